The van der Waals surface area contributed by atoms with E-state index in [4.69, 9.17) is 4.74 Å². The van der Waals surface area contributed by atoms with Crippen molar-refractivity contribution in [2.45, 2.75) is 19.4 Å². The van der Waals surface area contributed by atoms with Gasteiger partial charge in [0.2, 0.25) is 0 Å². The Labute approximate surface area is 161 Å². The van der Waals surface area contributed by atoms with E-state index in [1.807, 2.05) is 29.6 Å². The Hall–Kier alpha value is -2.84. The predicted molar refractivity (Wildman–Crippen MR) is 105 cm³/mol. The van der Waals surface area contributed by atoms with Crippen molar-refractivity contribution in [3.63, 3.8) is 0 Å². The van der Waals surface area contributed by atoms with E-state index >= 15 is 0 Å². The fourth-order valence-electron chi connectivity index (χ4n) is 2.70. The standard InChI is InChI=1S/C19H14N2O4S2/c22-14(16-6-3-9-26-16)7-8-18(24)25-11-12-10-17(23)21-13-4-1-2-5-15(13)27-19(21)20-12/h1-6,9-10H,7-8,11H2. The average Bonchev–Trinajstić information content (AvgIpc) is 3.32. The van der Waals surface area contributed by atoms with Crippen molar-refractivity contribution >= 4 is 49.6 Å². The zero-order chi connectivity index (χ0) is 18.8. The topological polar surface area (TPSA) is 77.7 Å². The number of ketones is 1. The Morgan fingerprint density at radius 3 is 2.78 bits per heavy atom. The molecule has 27 heavy (non-hydrogen) atoms. The first-order chi connectivity index (χ1) is 13.1. The second kappa shape index (κ2) is 7.42. The number of para-hydroxylation sites is 1. The minimum Gasteiger partial charge on any atom is -0.459 e. The average molecular weight is 398 g/mol. The number of carbonyl (C=O) groups is 2. The van der Waals surface area contributed by atoms with Gasteiger partial charge in [0, 0.05) is 12.5 Å². The van der Waals surface area contributed by atoms with Gasteiger partial charge >= 0.3 is 5.97 Å². The minimum absolute atomic E-state index is 0.000841. The molecule has 0 aliphatic rings. The maximum absolute atomic E-state index is 12.4. The van der Waals surface area contributed by atoms with Gasteiger partial charge in [0.05, 0.1) is 27.2 Å². The van der Waals surface area contributed by atoms with Gasteiger partial charge in [0.15, 0.2) is 10.7 Å². The second-order valence-corrected chi connectivity index (χ2v) is 7.79. The van der Waals surface area contributed by atoms with E-state index < -0.39 is 5.97 Å². The molecule has 6 nitrogen and oxygen atoms in total. The summed E-state index contributed by atoms with van der Waals surface area (Å²) < 4.78 is 7.69. The number of esters is 1. The molecule has 4 rings (SSSR count). The van der Waals surface area contributed by atoms with Crippen LogP contribution >= 0.6 is 22.7 Å². The molecule has 0 N–H and O–H groups in total. The van der Waals surface area contributed by atoms with Gasteiger partial charge in [0.25, 0.3) is 5.56 Å². The fourth-order valence-corrected chi connectivity index (χ4v) is 4.44. The molecule has 0 saturated carbocycles. The lowest BCUT2D eigenvalue weighted by Crippen LogP contribution is -2.15. The third-order valence-corrected chi connectivity index (χ3v) is 5.91. The summed E-state index contributed by atoms with van der Waals surface area (Å²) in [4.78, 5) is 41.8. The highest BCUT2D eigenvalue weighted by Gasteiger charge is 2.13. The molecule has 8 heteroatoms. The zero-order valence-corrected chi connectivity index (χ0v) is 15.7. The van der Waals surface area contributed by atoms with Crippen LogP contribution in [0.3, 0.4) is 0 Å². The van der Waals surface area contributed by atoms with Gasteiger partial charge in [0.1, 0.15) is 6.61 Å². The lowest BCUT2D eigenvalue weighted by Gasteiger charge is -2.04. The van der Waals surface area contributed by atoms with Crippen molar-refractivity contribution in [2.75, 3.05) is 0 Å². The Balaban J connectivity index is 1.43. The number of aromatic nitrogens is 2. The molecule has 1 aromatic carbocycles. The summed E-state index contributed by atoms with van der Waals surface area (Å²) in [6.45, 7) is -0.0913. The van der Waals surface area contributed by atoms with Crippen LogP contribution in [0.2, 0.25) is 0 Å². The first-order valence-corrected chi connectivity index (χ1v) is 9.94. The van der Waals surface area contributed by atoms with Crippen LogP contribution in [0.25, 0.3) is 15.2 Å². The summed E-state index contributed by atoms with van der Waals surface area (Å²) in [5, 5.41) is 1.82. The van der Waals surface area contributed by atoms with Gasteiger partial charge < -0.3 is 4.74 Å². The number of rotatable bonds is 6. The fraction of sp³-hybridized carbons (Fsp3) is 0.158. The number of nitrogens with zero attached hydrogens (tertiary/aromatic N) is 2. The number of hydrogen-bond donors (Lipinski definition) is 0. The van der Waals surface area contributed by atoms with Crippen LogP contribution in [0.4, 0.5) is 0 Å². The van der Waals surface area contributed by atoms with Crippen LogP contribution < -0.4 is 5.56 Å². The lowest BCUT2D eigenvalue weighted by molar-refractivity contribution is -0.145. The van der Waals surface area contributed by atoms with Crippen molar-refractivity contribution in [3.05, 3.63) is 68.8 Å². The molecule has 3 heterocycles. The summed E-state index contributed by atoms with van der Waals surface area (Å²) in [7, 11) is 0. The molecule has 136 valence electrons. The van der Waals surface area contributed by atoms with Gasteiger partial charge in [-0.15, -0.1) is 11.3 Å². The highest BCUT2D eigenvalue weighted by molar-refractivity contribution is 7.23. The number of ether oxygens (including phenoxy) is 1. The number of thiophene rings is 1. The molecular formula is C19H14N2O4S2. The van der Waals surface area contributed by atoms with Gasteiger partial charge in [-0.3, -0.25) is 18.8 Å². The monoisotopic (exact) mass is 398 g/mol. The number of fused-ring (bicyclic) bond motifs is 3. The van der Waals surface area contributed by atoms with Crippen LogP contribution in [0.1, 0.15) is 28.2 Å². The Bertz CT molecular complexity index is 1190. The first-order valence-electron chi connectivity index (χ1n) is 8.24. The van der Waals surface area contributed by atoms with Crippen LogP contribution in [-0.2, 0) is 16.1 Å². The third-order valence-electron chi connectivity index (χ3n) is 3.98. The predicted octanol–water partition coefficient (Wildman–Crippen LogP) is 3.68. The number of Topliss-reactive ketones (excluding diaryl/α,β-unsaturated/α-hetero) is 1. The van der Waals surface area contributed by atoms with E-state index in [9.17, 15) is 14.4 Å². The summed E-state index contributed by atoms with van der Waals surface area (Å²) in [6, 6.07) is 12.5. The maximum Gasteiger partial charge on any atom is 0.306 e. The molecule has 0 spiro atoms. The zero-order valence-electron chi connectivity index (χ0n) is 14.1. The van der Waals surface area contributed by atoms with Crippen molar-refractivity contribution in [3.8, 4) is 0 Å². The molecule has 0 radical (unpaired) electrons. The number of carbonyl (C=O) groups excluding carboxylic acids is 2. The van der Waals surface area contributed by atoms with E-state index in [1.54, 1.807) is 16.5 Å². The quantitative estimate of drug-likeness (QED) is 0.366. The van der Waals surface area contributed by atoms with Gasteiger partial charge in [-0.2, -0.15) is 0 Å². The summed E-state index contributed by atoms with van der Waals surface area (Å²) in [6.07, 6.45) is 0.103. The Kier molecular flexibility index (Phi) is 4.83. The van der Waals surface area contributed by atoms with Crippen LogP contribution in [0, 0.1) is 0 Å². The molecule has 0 fully saturated rings. The second-order valence-electron chi connectivity index (χ2n) is 5.83. The van der Waals surface area contributed by atoms with Gasteiger partial charge in [-0.1, -0.05) is 29.5 Å². The van der Waals surface area contributed by atoms with Crippen LogP contribution in [0.5, 0.6) is 0 Å². The van der Waals surface area contributed by atoms with Crippen molar-refractivity contribution in [2.24, 2.45) is 0 Å². The smallest absolute Gasteiger partial charge is 0.306 e. The largest absolute Gasteiger partial charge is 0.459 e. The van der Waals surface area contributed by atoms with Crippen LogP contribution in [0.15, 0.2) is 52.6 Å². The Morgan fingerprint density at radius 2 is 1.96 bits per heavy atom. The lowest BCUT2D eigenvalue weighted by atomic mass is 10.2. The number of hydrogen-bond acceptors (Lipinski definition) is 7. The molecule has 0 unspecified atom stereocenters. The van der Waals surface area contributed by atoms with E-state index in [0.29, 0.717) is 15.5 Å². The molecule has 0 bridgehead atoms. The normalized spacial score (nSPS) is 11.1. The van der Waals surface area contributed by atoms with Crippen LogP contribution in [-0.4, -0.2) is 21.1 Å². The highest BCUT2D eigenvalue weighted by Crippen LogP contribution is 2.23. The van der Waals surface area contributed by atoms with E-state index in [-0.39, 0.29) is 30.8 Å². The summed E-state index contributed by atoms with van der Waals surface area (Å²) in [5.74, 6) is -0.566. The summed E-state index contributed by atoms with van der Waals surface area (Å²) in [5.41, 5.74) is 0.992. The highest BCUT2D eigenvalue weighted by atomic mass is 32.1. The van der Waals surface area contributed by atoms with Gasteiger partial charge in [-0.25, -0.2) is 4.98 Å². The SMILES string of the molecule is O=C(CCC(=O)c1cccs1)OCc1cc(=O)n2c(n1)sc1ccccc12. The molecule has 3 aromatic heterocycles. The van der Waals surface area contributed by atoms with Gasteiger partial charge in [-0.05, 0) is 23.6 Å². The molecule has 0 atom stereocenters. The maximum atomic E-state index is 12.4. The van der Waals surface area contributed by atoms with E-state index in [2.05, 4.69) is 4.98 Å². The number of thiazole rings is 1. The van der Waals surface area contributed by atoms with E-state index in [1.165, 1.54) is 28.7 Å². The summed E-state index contributed by atoms with van der Waals surface area (Å²) >= 11 is 2.75. The molecule has 0 aliphatic heterocycles. The first kappa shape index (κ1) is 17.6. The minimum atomic E-state index is -0.488. The number of benzene rings is 1. The van der Waals surface area contributed by atoms with Crippen molar-refractivity contribution in [1.82, 2.24) is 9.38 Å². The molecule has 4 aromatic rings. The Morgan fingerprint density at radius 1 is 1.11 bits per heavy atom. The van der Waals surface area contributed by atoms with Crippen molar-refractivity contribution in [1.29, 1.82) is 0 Å². The third kappa shape index (κ3) is 3.67. The molecule has 0 amide bonds. The molecule has 0 aliphatic carbocycles. The molecular weight excluding hydrogens is 384 g/mol. The van der Waals surface area contributed by atoms with E-state index in [0.717, 1.165) is 10.2 Å². The molecule has 0 saturated heterocycles. The van der Waals surface area contributed by atoms with Crippen molar-refractivity contribution < 1.29 is 14.3 Å².